The summed E-state index contributed by atoms with van der Waals surface area (Å²) in [6, 6.07) is 84.3. The fourth-order valence-electron chi connectivity index (χ4n) is 18.8. The van der Waals surface area contributed by atoms with Crippen molar-refractivity contribution in [3.05, 3.63) is 364 Å². The third-order valence-corrected chi connectivity index (χ3v) is 25.9. The van der Waals surface area contributed by atoms with Gasteiger partial charge in [0, 0.05) is 129 Å². The predicted molar refractivity (Wildman–Crippen MR) is 563 cm³/mol. The number of carbonyl (C=O) groups excluding carboxylic acids is 2. The largest absolute Gasteiger partial charge is 0.496 e. The lowest BCUT2D eigenvalue weighted by atomic mass is 10.1. The van der Waals surface area contributed by atoms with Crippen molar-refractivity contribution in [2.24, 2.45) is 28.2 Å². The quantitative estimate of drug-likeness (QED) is 0.0442. The molecule has 22 aromatic rings. The number of nitrogens with one attached hydrogen (secondary N) is 7. The monoisotopic (exact) mass is 1870 g/mol. The maximum Gasteiger partial charge on any atom is 0.328 e. The van der Waals surface area contributed by atoms with Crippen LogP contribution in [0, 0.1) is 0 Å². The number of Topliss-reactive ketones (excluding diaryl/α,β-unsaturated/α-hetero) is 1. The van der Waals surface area contributed by atoms with E-state index in [1.807, 2.05) is 200 Å². The van der Waals surface area contributed by atoms with E-state index >= 15 is 0 Å². The number of amides is 1. The first-order chi connectivity index (χ1) is 68.2. The average Bonchev–Trinajstić information content (AvgIpc) is 1.60. The van der Waals surface area contributed by atoms with Crippen molar-refractivity contribution < 1.29 is 14.3 Å². The number of aromatic amines is 3. The standard InChI is InChI=1S/C29H23N7O.C24H21N5O3.C21H22N4O.C19H20N4.C18H18N4O/c1-33-17-30-16-27(33)23-15-20(19-8-4-5-9-21(19)31-23)28-32-22-10-6-7-11-24(22)36(28)18-12-13-25-26(14-18)35(3)29(37)34(25)2;1-25-23(30)15-7-10-20-19(11-15)26-22(12-14-5-3-4-6-21(14)32-2)29(20)16-8-9-17-18(13-16)28-24(31)27-17;1-5-20(26)14-6-8-17-19(10-14)25(21(24-17)12(2)3)15-7-9-16-18(11-15)23-13(4)22-16;1-12(2)19-21-15-7-5-6-8-18(15)23(19)14-9-10-17-16(11-14)20-13(3)22(17)4;1-11(2)17-19-13-6-4-5-7-15(13)22(17)12-8-9-14-16(10-12)21(3)18(23)20-14/h4-17H,1-3H3;3-11,13H,12H2,1-2H3,(H,25,30)(H2,27,28,31);6-12,22-23H,4-5H2,1-3H3;5-12,20H,3H2,1-2,4H3;4-11H,1-3H3,(H,20,23). The molecule has 2 aliphatic heterocycles. The molecule has 0 bridgehead atoms. The van der Waals surface area contributed by atoms with Crippen molar-refractivity contribution in [3.8, 4) is 57.0 Å². The Hall–Kier alpha value is -18.0. The van der Waals surface area contributed by atoms with E-state index in [1.54, 1.807) is 67.5 Å². The summed E-state index contributed by atoms with van der Waals surface area (Å²) in [4.78, 5) is 105. The molecule has 30 nitrogen and oxygen atoms in total. The van der Waals surface area contributed by atoms with Gasteiger partial charge in [-0.25, -0.2) is 49.3 Å². The molecule has 2 aliphatic rings. The number of aromatic nitrogens is 19. The number of carbonyl (C=O) groups is 2. The first kappa shape index (κ1) is 90.8. The predicted octanol–water partition coefficient (Wildman–Crippen LogP) is 20.8. The van der Waals surface area contributed by atoms with Gasteiger partial charge in [0.05, 0.1) is 148 Å². The third kappa shape index (κ3) is 16.7. The number of ether oxygens (including phenoxy) is 1. The molecule has 24 rings (SSSR count). The van der Waals surface area contributed by atoms with Crippen molar-refractivity contribution in [1.29, 1.82) is 0 Å². The number of pyridine rings is 1. The molecule has 1 amide bonds. The molecule has 0 atom stereocenters. The van der Waals surface area contributed by atoms with Crippen molar-refractivity contribution in [3.63, 3.8) is 0 Å². The zero-order valence-electron chi connectivity index (χ0n) is 80.5. The molecule has 12 aromatic carbocycles. The number of hydrogen-bond acceptors (Lipinski definition) is 17. The molecular formula is C111H104N24O6. The summed E-state index contributed by atoms with van der Waals surface area (Å²) in [5, 5.41) is 13.4. The maximum absolute atomic E-state index is 12.6. The number of H-pyrrole nitrogens is 3. The molecule has 0 spiro atoms. The van der Waals surface area contributed by atoms with Crippen molar-refractivity contribution in [2.75, 3.05) is 42.1 Å². The highest BCUT2D eigenvalue weighted by Crippen LogP contribution is 2.42. The van der Waals surface area contributed by atoms with Gasteiger partial charge in [-0.1, -0.05) is 134 Å². The van der Waals surface area contributed by atoms with E-state index in [1.165, 1.54) is 0 Å². The number of ketones is 1. The number of imidazole rings is 9. The second-order valence-corrected chi connectivity index (χ2v) is 36.1. The van der Waals surface area contributed by atoms with E-state index in [-0.39, 0.29) is 34.7 Å². The maximum atomic E-state index is 12.6. The van der Waals surface area contributed by atoms with Crippen LogP contribution in [0.25, 0.3) is 150 Å². The Labute approximate surface area is 809 Å². The van der Waals surface area contributed by atoms with Crippen LogP contribution in [-0.4, -0.2) is 124 Å². The topological polar surface area (TPSA) is 328 Å². The fraction of sp³-hybridized carbons (Fsp3) is 0.171. The van der Waals surface area contributed by atoms with Crippen LogP contribution in [0.5, 0.6) is 5.75 Å². The molecule has 7 N–H and O–H groups in total. The second kappa shape index (κ2) is 36.9. The van der Waals surface area contributed by atoms with Crippen molar-refractivity contribution >= 4 is 134 Å². The first-order valence-electron chi connectivity index (χ1n) is 46.7. The van der Waals surface area contributed by atoms with Crippen molar-refractivity contribution in [2.45, 2.75) is 79.1 Å². The van der Waals surface area contributed by atoms with E-state index in [0.717, 1.165) is 214 Å². The Morgan fingerprint density at radius 3 is 1.65 bits per heavy atom. The lowest BCUT2D eigenvalue weighted by molar-refractivity contribution is 0.0961. The summed E-state index contributed by atoms with van der Waals surface area (Å²) >= 11 is 0. The van der Waals surface area contributed by atoms with Crippen LogP contribution in [0.1, 0.15) is 122 Å². The van der Waals surface area contributed by atoms with E-state index in [4.69, 9.17) is 34.6 Å². The number of para-hydroxylation sites is 8. The molecule has 0 radical (unpaired) electrons. The molecule has 704 valence electrons. The van der Waals surface area contributed by atoms with Gasteiger partial charge in [-0.2, -0.15) is 0 Å². The third-order valence-electron chi connectivity index (χ3n) is 25.9. The molecule has 0 fully saturated rings. The number of fused-ring (bicyclic) bond motifs is 11. The number of aryl methyl sites for hydroxylation is 4. The SMILES string of the molecule is C=C1Nc2cc(-n3c(C(C)C)nc4ccccc43)ccc2N1C.C=C1Nc2ccc(-n3c(C(C)C)nc4ccc(C(=O)CC)cc43)cc2N1.CC(C)c1nc2ccccc2n1-c1ccc2[nH]c(=O)n(C)c2c1.CNC(=O)c1ccc2c(c1)nc(Cc1ccccc1OC)n2-c1ccc2[nH]c(=O)[nH]c2c1.Cn1cncc1-c1cc(-c2nc3ccccc3n2-c2ccc3c(c2)n(C)c(=O)n3C)c2ccccc2n1. The molecule has 30 heteroatoms. The zero-order valence-corrected chi connectivity index (χ0v) is 80.5. The first-order valence-corrected chi connectivity index (χ1v) is 46.7. The Morgan fingerprint density at radius 2 is 0.979 bits per heavy atom. The second-order valence-electron chi connectivity index (χ2n) is 36.1. The highest BCUT2D eigenvalue weighted by Gasteiger charge is 2.28. The summed E-state index contributed by atoms with van der Waals surface area (Å²) in [7, 11) is 12.6. The lowest BCUT2D eigenvalue weighted by Crippen LogP contribution is -2.19. The van der Waals surface area contributed by atoms with Crippen LogP contribution in [0.3, 0.4) is 0 Å². The van der Waals surface area contributed by atoms with Crippen LogP contribution in [0.2, 0.25) is 0 Å². The number of rotatable bonds is 16. The minimum atomic E-state index is -0.253. The van der Waals surface area contributed by atoms with Crippen LogP contribution < -0.4 is 48.0 Å². The van der Waals surface area contributed by atoms with Gasteiger partial charge in [0.1, 0.15) is 46.5 Å². The Kier molecular flexibility index (Phi) is 23.8. The normalized spacial score (nSPS) is 12.2. The molecule has 0 aliphatic carbocycles. The molecule has 0 saturated heterocycles. The Bertz CT molecular complexity index is 8970. The highest BCUT2D eigenvalue weighted by atomic mass is 16.5. The van der Waals surface area contributed by atoms with Gasteiger partial charge in [-0.3, -0.25) is 46.1 Å². The highest BCUT2D eigenvalue weighted by molar-refractivity contribution is 6.01. The minimum absolute atomic E-state index is 0.0520. The van der Waals surface area contributed by atoms with Gasteiger partial charge in [-0.15, -0.1) is 0 Å². The summed E-state index contributed by atoms with van der Waals surface area (Å²) < 4.78 is 23.3. The van der Waals surface area contributed by atoms with Crippen LogP contribution in [0.15, 0.2) is 306 Å². The van der Waals surface area contributed by atoms with E-state index < -0.39 is 0 Å². The van der Waals surface area contributed by atoms with Gasteiger partial charge in [0.25, 0.3) is 5.91 Å². The number of anilines is 4. The molecule has 0 unspecified atom stereocenters. The Balaban J connectivity index is 0.000000109. The molecule has 10 aromatic heterocycles. The van der Waals surface area contributed by atoms with Gasteiger partial charge < -0.3 is 50.4 Å². The van der Waals surface area contributed by atoms with Gasteiger partial charge in [-0.05, 0) is 182 Å². The van der Waals surface area contributed by atoms with Gasteiger partial charge in [0.15, 0.2) is 5.78 Å². The smallest absolute Gasteiger partial charge is 0.328 e. The zero-order chi connectivity index (χ0) is 98.2. The molecule has 0 saturated carbocycles. The van der Waals surface area contributed by atoms with E-state index in [0.29, 0.717) is 41.3 Å². The van der Waals surface area contributed by atoms with Crippen LogP contribution in [0.4, 0.5) is 22.7 Å². The average molecular weight is 1870 g/mol. The van der Waals surface area contributed by atoms with Crippen LogP contribution >= 0.6 is 0 Å². The Morgan fingerprint density at radius 1 is 0.440 bits per heavy atom. The molecule has 12 heterocycles. The fourth-order valence-corrected chi connectivity index (χ4v) is 18.8. The van der Waals surface area contributed by atoms with Gasteiger partial charge in [0.2, 0.25) is 0 Å². The van der Waals surface area contributed by atoms with Crippen LogP contribution in [-0.2, 0) is 34.6 Å². The molecule has 141 heavy (non-hydrogen) atoms. The van der Waals surface area contributed by atoms with E-state index in [9.17, 15) is 24.0 Å². The number of hydrogen-bond donors (Lipinski definition) is 7. The summed E-state index contributed by atoms with van der Waals surface area (Å²) in [5.74, 6) is 8.00. The summed E-state index contributed by atoms with van der Waals surface area (Å²) in [6.07, 6.45) is 4.62. The number of nitrogens with zero attached hydrogens (tertiary/aromatic N) is 17. The van der Waals surface area contributed by atoms with Crippen molar-refractivity contribution in [1.82, 2.24) is 96.3 Å². The van der Waals surface area contributed by atoms with E-state index in [2.05, 4.69) is 198 Å². The number of methoxy groups -OCH3 is 1. The molecular weight excluding hydrogens is 1770 g/mol. The summed E-state index contributed by atoms with van der Waals surface area (Å²) in [5.41, 5.74) is 29.1. The minimum Gasteiger partial charge on any atom is -0.496 e. The van der Waals surface area contributed by atoms with Gasteiger partial charge >= 0.3 is 17.1 Å². The lowest BCUT2D eigenvalue weighted by Gasteiger charge is -2.14. The summed E-state index contributed by atoms with van der Waals surface area (Å²) in [6.45, 7) is 22.7. The number of benzene rings is 12.